The van der Waals surface area contributed by atoms with Gasteiger partial charge in [0.1, 0.15) is 6.26 Å². The van der Waals surface area contributed by atoms with Crippen LogP contribution in [0, 0.1) is 0 Å². The van der Waals surface area contributed by atoms with Crippen LogP contribution in [0.2, 0.25) is 0 Å². The van der Waals surface area contributed by atoms with Crippen molar-refractivity contribution in [3.63, 3.8) is 0 Å². The quantitative estimate of drug-likeness (QED) is 0.470. The lowest BCUT2D eigenvalue weighted by molar-refractivity contribution is -0.129. The second kappa shape index (κ2) is 4.75. The molecule has 0 amide bonds. The molecule has 0 saturated heterocycles. The van der Waals surface area contributed by atoms with Crippen molar-refractivity contribution in [1.29, 1.82) is 0 Å². The van der Waals surface area contributed by atoms with Crippen LogP contribution in [0.1, 0.15) is 0 Å². The molecule has 2 aromatic rings. The van der Waals surface area contributed by atoms with Crippen LogP contribution in [-0.2, 0) is 4.79 Å². The smallest absolute Gasteiger partial charge is 0.336 e. The first-order valence-corrected chi connectivity index (χ1v) is 5.09. The van der Waals surface area contributed by atoms with Crippen LogP contribution >= 0.6 is 0 Å². The van der Waals surface area contributed by atoms with Crippen molar-refractivity contribution in [2.75, 3.05) is 7.11 Å². The number of benzene rings is 1. The molecule has 92 valence electrons. The van der Waals surface area contributed by atoms with Gasteiger partial charge in [0.25, 0.3) is 0 Å². The van der Waals surface area contributed by atoms with Gasteiger partial charge < -0.3 is 13.9 Å². The minimum absolute atomic E-state index is 0.240. The Morgan fingerprint density at radius 1 is 1.28 bits per heavy atom. The largest absolute Gasteiger partial charge is 0.493 e. The lowest BCUT2D eigenvalue weighted by Crippen LogP contribution is -2.05. The van der Waals surface area contributed by atoms with Crippen LogP contribution in [0.15, 0.2) is 46.3 Å². The Bertz CT molecular complexity index is 669. The Kier molecular flexibility index (Phi) is 3.14. The molecule has 0 aliphatic rings. The van der Waals surface area contributed by atoms with Gasteiger partial charge in [-0.3, -0.25) is 0 Å². The highest BCUT2D eigenvalue weighted by Crippen LogP contribution is 2.31. The molecule has 1 heterocycles. The number of fused-ring (bicyclic) bond motifs is 1. The van der Waals surface area contributed by atoms with Gasteiger partial charge in [-0.25, -0.2) is 9.59 Å². The molecule has 0 atom stereocenters. The van der Waals surface area contributed by atoms with Crippen molar-refractivity contribution in [2.45, 2.75) is 0 Å². The van der Waals surface area contributed by atoms with Crippen LogP contribution in [0.5, 0.6) is 11.5 Å². The molecule has 2 rings (SSSR count). The van der Waals surface area contributed by atoms with Crippen LogP contribution in [0.4, 0.5) is 0 Å². The molecule has 5 nitrogen and oxygen atoms in total. The van der Waals surface area contributed by atoms with Crippen LogP contribution < -0.4 is 15.1 Å². The van der Waals surface area contributed by atoms with E-state index in [9.17, 15) is 9.59 Å². The van der Waals surface area contributed by atoms with Gasteiger partial charge >= 0.3 is 11.6 Å². The lowest BCUT2D eigenvalue weighted by atomic mass is 10.1. The monoisotopic (exact) mass is 246 g/mol. The summed E-state index contributed by atoms with van der Waals surface area (Å²) in [5.74, 6) is -0.00270. The molecule has 0 aliphatic heterocycles. The molecule has 1 aromatic carbocycles. The van der Waals surface area contributed by atoms with Crippen molar-refractivity contribution in [3.05, 3.63) is 47.5 Å². The Hall–Kier alpha value is -2.56. The first-order chi connectivity index (χ1) is 8.63. The van der Waals surface area contributed by atoms with E-state index in [4.69, 9.17) is 13.9 Å². The van der Waals surface area contributed by atoms with E-state index in [1.165, 1.54) is 19.4 Å². The Labute approximate surface area is 102 Å². The summed E-state index contributed by atoms with van der Waals surface area (Å²) in [7, 11) is 1.44. The maximum atomic E-state index is 11.2. The van der Waals surface area contributed by atoms with Crippen molar-refractivity contribution < 1.29 is 18.7 Å². The van der Waals surface area contributed by atoms with Gasteiger partial charge in [-0.1, -0.05) is 6.58 Å². The highest BCUT2D eigenvalue weighted by atomic mass is 16.6. The number of carbonyl (C=O) groups excluding carboxylic acids is 1. The first-order valence-electron chi connectivity index (χ1n) is 5.09. The van der Waals surface area contributed by atoms with Crippen LogP contribution in [-0.4, -0.2) is 13.1 Å². The predicted octanol–water partition coefficient (Wildman–Crippen LogP) is 1.89. The highest BCUT2D eigenvalue weighted by molar-refractivity contribution is 5.88. The standard InChI is InChI=1S/C13H10O5/c1-3-12(14)18-11-5-9-7-17-13(15)6-8(9)4-10(11)16-2/h3-7H,1H2,2H3. The van der Waals surface area contributed by atoms with Crippen molar-refractivity contribution in [3.8, 4) is 11.5 Å². The SMILES string of the molecule is C=CC(=O)Oc1cc2coc(=O)cc2cc1OC. The van der Waals surface area contributed by atoms with E-state index < -0.39 is 11.6 Å². The van der Waals surface area contributed by atoms with Crippen molar-refractivity contribution in [1.82, 2.24) is 0 Å². The molecule has 0 radical (unpaired) electrons. The fraction of sp³-hybridized carbons (Fsp3) is 0.0769. The number of carbonyl (C=O) groups is 1. The first kappa shape index (κ1) is 11.9. The number of ether oxygens (including phenoxy) is 2. The Balaban J connectivity index is 2.58. The molecule has 5 heteroatoms. The molecule has 0 N–H and O–H groups in total. The molecule has 0 spiro atoms. The van der Waals surface area contributed by atoms with Gasteiger partial charge in [0.05, 0.1) is 7.11 Å². The summed E-state index contributed by atoms with van der Waals surface area (Å²) in [5.41, 5.74) is -0.458. The van der Waals surface area contributed by atoms with Gasteiger partial charge in [0.15, 0.2) is 11.5 Å². The fourth-order valence-electron chi connectivity index (χ4n) is 1.49. The van der Waals surface area contributed by atoms with E-state index in [0.717, 1.165) is 6.08 Å². The normalized spacial score (nSPS) is 10.1. The Morgan fingerprint density at radius 3 is 2.67 bits per heavy atom. The zero-order valence-corrected chi connectivity index (χ0v) is 9.64. The summed E-state index contributed by atoms with van der Waals surface area (Å²) in [6, 6.07) is 4.48. The summed E-state index contributed by atoms with van der Waals surface area (Å²) in [4.78, 5) is 22.3. The third-order valence-corrected chi connectivity index (χ3v) is 2.32. The van der Waals surface area contributed by atoms with Gasteiger partial charge in [-0.2, -0.15) is 0 Å². The lowest BCUT2D eigenvalue weighted by Gasteiger charge is -2.09. The summed E-state index contributed by atoms with van der Waals surface area (Å²) >= 11 is 0. The zero-order chi connectivity index (χ0) is 13.1. The summed E-state index contributed by atoms with van der Waals surface area (Å²) < 4.78 is 14.9. The van der Waals surface area contributed by atoms with Crippen molar-refractivity contribution >= 4 is 16.7 Å². The van der Waals surface area contributed by atoms with Gasteiger partial charge in [0, 0.05) is 17.5 Å². The fourth-order valence-corrected chi connectivity index (χ4v) is 1.49. The summed E-state index contributed by atoms with van der Waals surface area (Å²) in [6.45, 7) is 3.31. The molecule has 0 fully saturated rings. The number of hydrogen-bond acceptors (Lipinski definition) is 5. The molecule has 18 heavy (non-hydrogen) atoms. The second-order valence-corrected chi connectivity index (χ2v) is 3.46. The molecular weight excluding hydrogens is 236 g/mol. The third kappa shape index (κ3) is 2.24. The van der Waals surface area contributed by atoms with E-state index in [2.05, 4.69) is 6.58 Å². The van der Waals surface area contributed by atoms with Gasteiger partial charge in [-0.15, -0.1) is 0 Å². The topological polar surface area (TPSA) is 65.7 Å². The van der Waals surface area contributed by atoms with Gasteiger partial charge in [-0.05, 0) is 17.5 Å². The van der Waals surface area contributed by atoms with E-state index in [0.29, 0.717) is 16.5 Å². The number of rotatable bonds is 3. The molecule has 0 unspecified atom stereocenters. The average molecular weight is 246 g/mol. The second-order valence-electron chi connectivity index (χ2n) is 3.46. The predicted molar refractivity (Wildman–Crippen MR) is 64.9 cm³/mol. The number of methoxy groups -OCH3 is 1. The molecule has 1 aromatic heterocycles. The number of esters is 1. The van der Waals surface area contributed by atoms with Crippen LogP contribution in [0.25, 0.3) is 10.8 Å². The van der Waals surface area contributed by atoms with E-state index in [1.54, 1.807) is 12.1 Å². The third-order valence-electron chi connectivity index (χ3n) is 2.32. The van der Waals surface area contributed by atoms with Gasteiger partial charge in [0.2, 0.25) is 0 Å². The van der Waals surface area contributed by atoms with E-state index >= 15 is 0 Å². The highest BCUT2D eigenvalue weighted by Gasteiger charge is 2.10. The minimum atomic E-state index is -0.593. The maximum absolute atomic E-state index is 11.2. The average Bonchev–Trinajstić information content (AvgIpc) is 2.38. The maximum Gasteiger partial charge on any atom is 0.336 e. The Morgan fingerprint density at radius 2 is 2.00 bits per heavy atom. The summed E-state index contributed by atoms with van der Waals surface area (Å²) in [5, 5.41) is 1.27. The van der Waals surface area contributed by atoms with E-state index in [1.807, 2.05) is 0 Å². The van der Waals surface area contributed by atoms with Crippen molar-refractivity contribution in [2.24, 2.45) is 0 Å². The van der Waals surface area contributed by atoms with Crippen LogP contribution in [0.3, 0.4) is 0 Å². The molecular formula is C13H10O5. The van der Waals surface area contributed by atoms with E-state index in [-0.39, 0.29) is 5.75 Å². The minimum Gasteiger partial charge on any atom is -0.493 e. The molecule has 0 aliphatic carbocycles. The molecule has 0 bridgehead atoms. The number of hydrogen-bond donors (Lipinski definition) is 0. The zero-order valence-electron chi connectivity index (χ0n) is 9.64. The summed E-state index contributed by atoms with van der Waals surface area (Å²) in [6.07, 6.45) is 2.34. The molecule has 0 saturated carbocycles.